The van der Waals surface area contributed by atoms with Gasteiger partial charge in [0, 0.05) is 12.6 Å². The maximum Gasteiger partial charge on any atom is 0.405 e. The van der Waals surface area contributed by atoms with E-state index in [-0.39, 0.29) is 25.0 Å². The zero-order valence-corrected chi connectivity index (χ0v) is 11.7. The van der Waals surface area contributed by atoms with E-state index in [4.69, 9.17) is 0 Å². The number of hydrogen-bond acceptors (Lipinski definition) is 3. The molecule has 4 nitrogen and oxygen atoms in total. The molecule has 8 heteroatoms. The second-order valence-corrected chi connectivity index (χ2v) is 4.51. The second-order valence-electron chi connectivity index (χ2n) is 4.51. The minimum Gasteiger partial charge on any atom is -0.346 e. The van der Waals surface area contributed by atoms with Gasteiger partial charge in [0.2, 0.25) is 5.91 Å². The van der Waals surface area contributed by atoms with Crippen LogP contribution in [0.25, 0.3) is 0 Å². The highest BCUT2D eigenvalue weighted by molar-refractivity contribution is 5.85. The summed E-state index contributed by atoms with van der Waals surface area (Å²) in [6.07, 6.45) is -2.53. The van der Waals surface area contributed by atoms with Gasteiger partial charge in [-0.15, -0.1) is 12.4 Å². The fourth-order valence-corrected chi connectivity index (χ4v) is 2.07. The summed E-state index contributed by atoms with van der Waals surface area (Å²) in [5.41, 5.74) is 0. The van der Waals surface area contributed by atoms with Gasteiger partial charge in [-0.2, -0.15) is 13.2 Å². The molecule has 0 spiro atoms. The van der Waals surface area contributed by atoms with Gasteiger partial charge in [-0.3, -0.25) is 9.69 Å². The first-order chi connectivity index (χ1) is 8.42. The molecule has 1 saturated heterocycles. The first kappa shape index (κ1) is 18.5. The van der Waals surface area contributed by atoms with E-state index in [9.17, 15) is 18.0 Å². The van der Waals surface area contributed by atoms with Crippen molar-refractivity contribution in [3.8, 4) is 0 Å². The Morgan fingerprint density at radius 3 is 2.63 bits per heavy atom. The molecule has 0 aliphatic carbocycles. The molecule has 0 saturated carbocycles. The molecule has 1 atom stereocenters. The fourth-order valence-electron chi connectivity index (χ4n) is 2.07. The van der Waals surface area contributed by atoms with E-state index < -0.39 is 18.6 Å². The average Bonchev–Trinajstić information content (AvgIpc) is 2.78. The standard InChI is InChI=1S/C11H20F3N3O.ClH/c1-2-5-17(9-3-4-15-6-9)7-10(18)16-8-11(12,13)14;/h9,15H,2-8H2,1H3,(H,16,18);1H. The Kier molecular flexibility index (Phi) is 8.36. The first-order valence-corrected chi connectivity index (χ1v) is 6.20. The lowest BCUT2D eigenvalue weighted by Crippen LogP contribution is -2.46. The normalized spacial score (nSPS) is 19.3. The van der Waals surface area contributed by atoms with E-state index in [1.165, 1.54) is 0 Å². The zero-order chi connectivity index (χ0) is 13.6. The lowest BCUT2D eigenvalue weighted by molar-refractivity contribution is -0.139. The van der Waals surface area contributed by atoms with Crippen molar-refractivity contribution in [1.82, 2.24) is 15.5 Å². The van der Waals surface area contributed by atoms with E-state index in [1.807, 2.05) is 17.1 Å². The molecule has 0 aromatic rings. The Hall–Kier alpha value is -0.530. The molecule has 1 rings (SSSR count). The third-order valence-electron chi connectivity index (χ3n) is 2.89. The molecule has 0 bridgehead atoms. The van der Waals surface area contributed by atoms with Crippen molar-refractivity contribution in [3.05, 3.63) is 0 Å². The van der Waals surface area contributed by atoms with Gasteiger partial charge in [-0.25, -0.2) is 0 Å². The molecule has 0 aromatic carbocycles. The zero-order valence-electron chi connectivity index (χ0n) is 10.9. The van der Waals surface area contributed by atoms with E-state index >= 15 is 0 Å². The van der Waals surface area contributed by atoms with Gasteiger partial charge in [-0.1, -0.05) is 6.92 Å². The number of carbonyl (C=O) groups is 1. The van der Waals surface area contributed by atoms with Gasteiger partial charge >= 0.3 is 6.18 Å². The smallest absolute Gasteiger partial charge is 0.346 e. The SMILES string of the molecule is CCCN(CC(=O)NCC(F)(F)F)C1CCNC1.Cl. The highest BCUT2D eigenvalue weighted by atomic mass is 35.5. The number of nitrogens with zero attached hydrogens (tertiary/aromatic N) is 1. The van der Waals surface area contributed by atoms with Crippen LogP contribution < -0.4 is 10.6 Å². The number of nitrogens with one attached hydrogen (secondary N) is 2. The quantitative estimate of drug-likeness (QED) is 0.774. The Morgan fingerprint density at radius 2 is 2.16 bits per heavy atom. The Bertz CT molecular complexity index is 270. The van der Waals surface area contributed by atoms with Gasteiger partial charge in [0.25, 0.3) is 0 Å². The van der Waals surface area contributed by atoms with Crippen LogP contribution >= 0.6 is 12.4 Å². The van der Waals surface area contributed by atoms with Gasteiger partial charge in [0.15, 0.2) is 0 Å². The number of rotatable bonds is 6. The van der Waals surface area contributed by atoms with E-state index in [0.717, 1.165) is 32.5 Å². The van der Waals surface area contributed by atoms with Crippen LogP contribution in [0, 0.1) is 0 Å². The summed E-state index contributed by atoms with van der Waals surface area (Å²) >= 11 is 0. The van der Waals surface area contributed by atoms with Crippen LogP contribution in [0.2, 0.25) is 0 Å². The molecule has 1 unspecified atom stereocenters. The average molecular weight is 304 g/mol. The van der Waals surface area contributed by atoms with E-state index in [1.54, 1.807) is 0 Å². The Morgan fingerprint density at radius 1 is 1.47 bits per heavy atom. The topological polar surface area (TPSA) is 44.4 Å². The van der Waals surface area contributed by atoms with Crippen molar-refractivity contribution in [2.45, 2.75) is 32.0 Å². The van der Waals surface area contributed by atoms with Crippen molar-refractivity contribution < 1.29 is 18.0 Å². The third-order valence-corrected chi connectivity index (χ3v) is 2.89. The second kappa shape index (κ2) is 8.60. The highest BCUT2D eigenvalue weighted by Crippen LogP contribution is 2.12. The molecule has 1 aliphatic rings. The van der Waals surface area contributed by atoms with E-state index in [2.05, 4.69) is 5.32 Å². The molecule has 2 N–H and O–H groups in total. The predicted molar refractivity (Wildman–Crippen MR) is 69.5 cm³/mol. The van der Waals surface area contributed by atoms with Crippen molar-refractivity contribution >= 4 is 18.3 Å². The third kappa shape index (κ3) is 7.59. The Labute approximate surface area is 117 Å². The van der Waals surface area contributed by atoms with Gasteiger partial charge in [-0.05, 0) is 25.9 Å². The molecule has 1 heterocycles. The van der Waals surface area contributed by atoms with Crippen molar-refractivity contribution in [2.75, 3.05) is 32.7 Å². The van der Waals surface area contributed by atoms with Crippen LogP contribution in [0.3, 0.4) is 0 Å². The number of alkyl halides is 3. The van der Waals surface area contributed by atoms with Crippen LogP contribution in [0.1, 0.15) is 19.8 Å². The summed E-state index contributed by atoms with van der Waals surface area (Å²) < 4.78 is 35.9. The highest BCUT2D eigenvalue weighted by Gasteiger charge is 2.29. The van der Waals surface area contributed by atoms with Crippen molar-refractivity contribution in [2.24, 2.45) is 0 Å². The van der Waals surface area contributed by atoms with Crippen LogP contribution in [0.5, 0.6) is 0 Å². The maximum absolute atomic E-state index is 12.0. The number of amides is 1. The van der Waals surface area contributed by atoms with E-state index in [0.29, 0.717) is 0 Å². The number of halogens is 4. The minimum atomic E-state index is -4.35. The predicted octanol–water partition coefficient (Wildman–Crippen LogP) is 1.16. The fraction of sp³-hybridized carbons (Fsp3) is 0.909. The molecule has 114 valence electrons. The first-order valence-electron chi connectivity index (χ1n) is 6.20. The van der Waals surface area contributed by atoms with Crippen LogP contribution in [-0.4, -0.2) is 55.7 Å². The largest absolute Gasteiger partial charge is 0.405 e. The molecular formula is C11H21ClF3N3O. The number of hydrogen-bond donors (Lipinski definition) is 2. The summed E-state index contributed by atoms with van der Waals surface area (Å²) in [6, 6.07) is 0.251. The maximum atomic E-state index is 12.0. The molecule has 1 aliphatic heterocycles. The number of carbonyl (C=O) groups excluding carboxylic acids is 1. The van der Waals surface area contributed by atoms with Crippen LogP contribution in [0.4, 0.5) is 13.2 Å². The summed E-state index contributed by atoms with van der Waals surface area (Å²) in [6.45, 7) is 3.20. The van der Waals surface area contributed by atoms with Crippen molar-refractivity contribution in [3.63, 3.8) is 0 Å². The summed E-state index contributed by atoms with van der Waals surface area (Å²) in [7, 11) is 0. The van der Waals surface area contributed by atoms with Gasteiger partial charge in [0.05, 0.1) is 6.54 Å². The lowest BCUT2D eigenvalue weighted by Gasteiger charge is -2.27. The molecule has 1 amide bonds. The van der Waals surface area contributed by atoms with Gasteiger partial charge in [0.1, 0.15) is 6.54 Å². The molecule has 0 radical (unpaired) electrons. The van der Waals surface area contributed by atoms with Gasteiger partial charge < -0.3 is 10.6 Å². The molecular weight excluding hydrogens is 283 g/mol. The lowest BCUT2D eigenvalue weighted by atomic mass is 10.2. The monoisotopic (exact) mass is 303 g/mol. The summed E-state index contributed by atoms with van der Waals surface area (Å²) in [4.78, 5) is 13.4. The van der Waals surface area contributed by atoms with Crippen LogP contribution in [-0.2, 0) is 4.79 Å². The van der Waals surface area contributed by atoms with Crippen LogP contribution in [0.15, 0.2) is 0 Å². The summed E-state index contributed by atoms with van der Waals surface area (Å²) in [5, 5.41) is 5.10. The minimum absolute atomic E-state index is 0. The molecule has 0 aromatic heterocycles. The summed E-state index contributed by atoms with van der Waals surface area (Å²) in [5.74, 6) is -0.562. The molecule has 1 fully saturated rings. The van der Waals surface area contributed by atoms with Crippen molar-refractivity contribution in [1.29, 1.82) is 0 Å². The molecule has 19 heavy (non-hydrogen) atoms. The Balaban J connectivity index is 0.00000324.